The molecule has 2 unspecified atom stereocenters. The Balaban J connectivity index is 2.58. The fraction of sp³-hybridized carbons (Fsp3) is 1.00. The maximum absolute atomic E-state index is 12.2. The lowest BCUT2D eigenvalue weighted by Crippen LogP contribution is -2.42. The third kappa shape index (κ3) is 3.59. The van der Waals surface area contributed by atoms with Crippen molar-refractivity contribution >= 4 is 18.3 Å². The molecule has 0 bridgehead atoms. The van der Waals surface area contributed by atoms with Gasteiger partial charge in [-0.1, -0.05) is 20.8 Å². The third-order valence-electron chi connectivity index (χ3n) is 4.19. The topological polar surface area (TPSA) is 46.4 Å². The molecule has 0 aromatic heterocycles. The summed E-state index contributed by atoms with van der Waals surface area (Å²) in [7, 11) is -4.97. The van der Waals surface area contributed by atoms with Crippen LogP contribution in [0.2, 0.25) is 18.1 Å². The average Bonchev–Trinajstić information content (AvgIpc) is 2.90. The van der Waals surface area contributed by atoms with Gasteiger partial charge in [-0.15, -0.1) is 0 Å². The van der Waals surface area contributed by atoms with Crippen LogP contribution in [0.25, 0.3) is 0 Å². The molecule has 0 saturated carbocycles. The van der Waals surface area contributed by atoms with E-state index in [1.165, 1.54) is 0 Å². The predicted molar refractivity (Wildman–Crippen MR) is 82.3 cm³/mol. The van der Waals surface area contributed by atoms with Gasteiger partial charge >= 0.3 is 0 Å². The van der Waals surface area contributed by atoms with E-state index in [-0.39, 0.29) is 11.1 Å². The van der Waals surface area contributed by atoms with Crippen molar-refractivity contribution in [2.75, 3.05) is 13.2 Å². The Bertz CT molecular complexity index is 432. The van der Waals surface area contributed by atoms with Gasteiger partial charge in [0.2, 0.25) is 10.0 Å². The summed E-state index contributed by atoms with van der Waals surface area (Å²) in [5.41, 5.74) is 0. The van der Waals surface area contributed by atoms with E-state index in [0.29, 0.717) is 13.2 Å². The standard InChI is InChI=1S/C13H29NO3SSi/c1-12(2,3)18(15,16)14-9-11(14)10-17-19(7,8)13(4,5)6/h11H,9-10H2,1-8H3. The van der Waals surface area contributed by atoms with Crippen LogP contribution < -0.4 is 0 Å². The lowest BCUT2D eigenvalue weighted by atomic mass is 10.2. The number of hydrogen-bond donors (Lipinski definition) is 0. The minimum atomic E-state index is -3.19. The summed E-state index contributed by atoms with van der Waals surface area (Å²) in [4.78, 5) is 0. The molecule has 1 heterocycles. The van der Waals surface area contributed by atoms with E-state index in [1.807, 2.05) is 0 Å². The third-order valence-corrected chi connectivity index (χ3v) is 11.3. The normalized spacial score (nSPS) is 25.5. The second kappa shape index (κ2) is 4.82. The van der Waals surface area contributed by atoms with E-state index >= 15 is 0 Å². The van der Waals surface area contributed by atoms with E-state index in [9.17, 15) is 8.42 Å². The van der Waals surface area contributed by atoms with Gasteiger partial charge < -0.3 is 4.43 Å². The zero-order chi connectivity index (χ0) is 15.3. The van der Waals surface area contributed by atoms with Crippen molar-refractivity contribution in [2.45, 2.75) is 70.5 Å². The van der Waals surface area contributed by atoms with Crippen LogP contribution in [0.3, 0.4) is 0 Å². The molecule has 19 heavy (non-hydrogen) atoms. The van der Waals surface area contributed by atoms with Crippen molar-refractivity contribution in [2.24, 2.45) is 0 Å². The highest BCUT2D eigenvalue weighted by Crippen LogP contribution is 2.38. The average molecular weight is 308 g/mol. The zero-order valence-electron chi connectivity index (χ0n) is 13.6. The Hall–Kier alpha value is 0.0869. The quantitative estimate of drug-likeness (QED) is 0.592. The van der Waals surface area contributed by atoms with Gasteiger partial charge in [-0.2, -0.15) is 4.31 Å². The highest BCUT2D eigenvalue weighted by molar-refractivity contribution is 7.90. The van der Waals surface area contributed by atoms with Crippen molar-refractivity contribution in [3.8, 4) is 0 Å². The molecular weight excluding hydrogens is 278 g/mol. The Labute approximate surface area is 119 Å². The molecule has 2 atom stereocenters. The largest absolute Gasteiger partial charge is 0.415 e. The summed E-state index contributed by atoms with van der Waals surface area (Å²) in [6.45, 7) is 17.3. The van der Waals surface area contributed by atoms with Crippen LogP contribution in [0.4, 0.5) is 0 Å². The SMILES string of the molecule is CC(C)(C)[Si](C)(C)OCC1CN1S(=O)(=O)C(C)(C)C. The minimum Gasteiger partial charge on any atom is -0.415 e. The van der Waals surface area contributed by atoms with Crippen LogP contribution in [0.1, 0.15) is 41.5 Å². The Morgan fingerprint density at radius 1 is 1.16 bits per heavy atom. The number of rotatable bonds is 4. The molecule has 1 aliphatic rings. The van der Waals surface area contributed by atoms with Crippen molar-refractivity contribution in [1.29, 1.82) is 0 Å². The fourth-order valence-electron chi connectivity index (χ4n) is 1.46. The van der Waals surface area contributed by atoms with Gasteiger partial charge in [0.1, 0.15) is 0 Å². The van der Waals surface area contributed by atoms with Gasteiger partial charge in [-0.25, -0.2) is 8.42 Å². The minimum absolute atomic E-state index is 0.0401. The van der Waals surface area contributed by atoms with Gasteiger partial charge in [0.25, 0.3) is 0 Å². The Morgan fingerprint density at radius 2 is 1.63 bits per heavy atom. The van der Waals surface area contributed by atoms with E-state index < -0.39 is 23.1 Å². The molecule has 0 spiro atoms. The van der Waals surface area contributed by atoms with Gasteiger partial charge in [0.05, 0.1) is 17.4 Å². The van der Waals surface area contributed by atoms with Crippen LogP contribution in [0.15, 0.2) is 0 Å². The van der Waals surface area contributed by atoms with Crippen LogP contribution in [0.5, 0.6) is 0 Å². The Morgan fingerprint density at radius 3 is 2.00 bits per heavy atom. The molecule has 0 aromatic rings. The van der Waals surface area contributed by atoms with Crippen LogP contribution in [-0.4, -0.2) is 45.0 Å². The number of hydrogen-bond acceptors (Lipinski definition) is 3. The van der Waals surface area contributed by atoms with E-state index in [2.05, 4.69) is 33.9 Å². The number of sulfonamides is 1. The molecule has 1 aliphatic heterocycles. The van der Waals surface area contributed by atoms with Crippen LogP contribution >= 0.6 is 0 Å². The summed E-state index contributed by atoms with van der Waals surface area (Å²) >= 11 is 0. The Kier molecular flexibility index (Phi) is 4.35. The second-order valence-electron chi connectivity index (χ2n) is 7.91. The monoisotopic (exact) mass is 307 g/mol. The maximum atomic E-state index is 12.2. The summed E-state index contributed by atoms with van der Waals surface area (Å²) in [6.07, 6.45) is 0. The molecule has 0 N–H and O–H groups in total. The molecule has 114 valence electrons. The lowest BCUT2D eigenvalue weighted by Gasteiger charge is -2.36. The van der Waals surface area contributed by atoms with E-state index in [0.717, 1.165) is 0 Å². The van der Waals surface area contributed by atoms with Crippen molar-refractivity contribution in [3.63, 3.8) is 0 Å². The van der Waals surface area contributed by atoms with E-state index in [4.69, 9.17) is 4.43 Å². The van der Waals surface area contributed by atoms with Gasteiger partial charge in [0, 0.05) is 6.54 Å². The molecule has 1 saturated heterocycles. The zero-order valence-corrected chi connectivity index (χ0v) is 15.4. The first-order valence-electron chi connectivity index (χ1n) is 6.85. The molecule has 0 aromatic carbocycles. The molecule has 1 fully saturated rings. The first-order valence-corrected chi connectivity index (χ1v) is 11.2. The smallest absolute Gasteiger partial charge is 0.219 e. The molecule has 0 amide bonds. The highest BCUT2D eigenvalue weighted by atomic mass is 32.2. The highest BCUT2D eigenvalue weighted by Gasteiger charge is 2.50. The molecule has 0 radical (unpaired) electrons. The maximum Gasteiger partial charge on any atom is 0.219 e. The summed E-state index contributed by atoms with van der Waals surface area (Å²) < 4.78 is 31.4. The first-order chi connectivity index (χ1) is 8.20. The molecule has 6 heteroatoms. The molecular formula is C13H29NO3SSi. The lowest BCUT2D eigenvalue weighted by molar-refractivity contribution is 0.281. The van der Waals surface area contributed by atoms with Crippen molar-refractivity contribution < 1.29 is 12.8 Å². The summed E-state index contributed by atoms with van der Waals surface area (Å²) in [5.74, 6) is 0. The fourth-order valence-corrected chi connectivity index (χ4v) is 4.03. The van der Waals surface area contributed by atoms with Crippen LogP contribution in [0, 0.1) is 0 Å². The summed E-state index contributed by atoms with van der Waals surface area (Å²) in [5, 5.41) is 0.162. The summed E-state index contributed by atoms with van der Waals surface area (Å²) in [6, 6.07) is 0.0401. The van der Waals surface area contributed by atoms with Crippen LogP contribution in [-0.2, 0) is 14.4 Å². The van der Waals surface area contributed by atoms with Gasteiger partial charge in [-0.05, 0) is 38.9 Å². The van der Waals surface area contributed by atoms with Crippen molar-refractivity contribution in [1.82, 2.24) is 4.31 Å². The van der Waals surface area contributed by atoms with Gasteiger partial charge in [-0.3, -0.25) is 0 Å². The van der Waals surface area contributed by atoms with E-state index in [1.54, 1.807) is 25.1 Å². The molecule has 0 aliphatic carbocycles. The molecule has 4 nitrogen and oxygen atoms in total. The second-order valence-corrected chi connectivity index (χ2v) is 15.4. The number of nitrogens with zero attached hydrogens (tertiary/aromatic N) is 1. The molecule has 1 rings (SSSR count). The van der Waals surface area contributed by atoms with Crippen molar-refractivity contribution in [3.05, 3.63) is 0 Å². The predicted octanol–water partition coefficient (Wildman–Crippen LogP) is 2.82. The first kappa shape index (κ1) is 17.1. The van der Waals surface area contributed by atoms with Gasteiger partial charge in [0.15, 0.2) is 8.32 Å².